The standard InChI is InChI=1S/C31H26N2/c1-23-16-18-29(19-17-23)33-30(25-11-5-3-6-12-25)21-27(31(33)26-13-7-4-8-14-26)22-32-28-15-9-10-24(2)20-28/h3-22H,1-2H3. The first-order valence-corrected chi connectivity index (χ1v) is 11.2. The van der Waals surface area contributed by atoms with Crippen LogP contribution in [0.15, 0.2) is 120 Å². The van der Waals surface area contributed by atoms with E-state index in [9.17, 15) is 0 Å². The predicted octanol–water partition coefficient (Wildman–Crippen LogP) is 8.18. The lowest BCUT2D eigenvalue weighted by Crippen LogP contribution is -2.00. The Bertz CT molecular complexity index is 1390. The van der Waals surface area contributed by atoms with E-state index in [-0.39, 0.29) is 0 Å². The minimum atomic E-state index is 0.957. The molecule has 0 fully saturated rings. The fourth-order valence-corrected chi connectivity index (χ4v) is 4.16. The molecule has 160 valence electrons. The third-order valence-corrected chi connectivity index (χ3v) is 5.79. The number of hydrogen-bond acceptors (Lipinski definition) is 1. The molecule has 5 aromatic rings. The zero-order valence-corrected chi connectivity index (χ0v) is 18.9. The van der Waals surface area contributed by atoms with Crippen LogP contribution in [0.5, 0.6) is 0 Å². The quantitative estimate of drug-likeness (QED) is 0.252. The van der Waals surface area contributed by atoms with Crippen molar-refractivity contribution in [2.75, 3.05) is 0 Å². The van der Waals surface area contributed by atoms with Crippen LogP contribution in [0, 0.1) is 13.8 Å². The van der Waals surface area contributed by atoms with E-state index in [1.165, 1.54) is 16.7 Å². The van der Waals surface area contributed by atoms with Gasteiger partial charge >= 0.3 is 0 Å². The van der Waals surface area contributed by atoms with Gasteiger partial charge in [0.25, 0.3) is 0 Å². The maximum Gasteiger partial charge on any atom is 0.0632 e. The Morgan fingerprint density at radius 2 is 1.27 bits per heavy atom. The molecule has 0 aliphatic rings. The van der Waals surface area contributed by atoms with Crippen molar-refractivity contribution in [1.82, 2.24) is 4.57 Å². The maximum absolute atomic E-state index is 4.84. The average Bonchev–Trinajstić information content (AvgIpc) is 3.24. The molecule has 0 aliphatic carbocycles. The summed E-state index contributed by atoms with van der Waals surface area (Å²) in [6.07, 6.45) is 1.99. The second-order valence-corrected chi connectivity index (χ2v) is 8.33. The zero-order chi connectivity index (χ0) is 22.6. The summed E-state index contributed by atoms with van der Waals surface area (Å²) in [5, 5.41) is 0. The van der Waals surface area contributed by atoms with E-state index < -0.39 is 0 Å². The Hall–Kier alpha value is -4.17. The van der Waals surface area contributed by atoms with Crippen molar-refractivity contribution in [3.05, 3.63) is 132 Å². The Balaban J connectivity index is 1.77. The van der Waals surface area contributed by atoms with Gasteiger partial charge in [0.1, 0.15) is 0 Å². The molecular weight excluding hydrogens is 400 g/mol. The first-order valence-electron chi connectivity index (χ1n) is 11.2. The zero-order valence-electron chi connectivity index (χ0n) is 18.9. The van der Waals surface area contributed by atoms with Gasteiger partial charge < -0.3 is 4.57 Å². The van der Waals surface area contributed by atoms with Gasteiger partial charge in [-0.25, -0.2) is 0 Å². The predicted molar refractivity (Wildman–Crippen MR) is 140 cm³/mol. The van der Waals surface area contributed by atoms with E-state index in [1.54, 1.807) is 0 Å². The molecule has 0 saturated heterocycles. The second-order valence-electron chi connectivity index (χ2n) is 8.33. The Morgan fingerprint density at radius 3 is 1.94 bits per heavy atom. The summed E-state index contributed by atoms with van der Waals surface area (Å²) in [4.78, 5) is 4.84. The topological polar surface area (TPSA) is 17.3 Å². The lowest BCUT2D eigenvalue weighted by molar-refractivity contribution is 1.09. The molecule has 0 amide bonds. The van der Waals surface area contributed by atoms with Crippen LogP contribution in [-0.2, 0) is 0 Å². The third-order valence-electron chi connectivity index (χ3n) is 5.79. The Labute approximate surface area is 195 Å². The number of rotatable bonds is 5. The summed E-state index contributed by atoms with van der Waals surface area (Å²) < 4.78 is 2.35. The van der Waals surface area contributed by atoms with Crippen molar-refractivity contribution in [3.63, 3.8) is 0 Å². The molecule has 1 aromatic heterocycles. The van der Waals surface area contributed by atoms with Crippen LogP contribution in [0.2, 0.25) is 0 Å². The van der Waals surface area contributed by atoms with E-state index in [0.717, 1.165) is 33.9 Å². The van der Waals surface area contributed by atoms with E-state index in [0.29, 0.717) is 0 Å². The number of benzene rings is 4. The van der Waals surface area contributed by atoms with Crippen LogP contribution in [-0.4, -0.2) is 10.8 Å². The number of aliphatic imine (C=N–C) groups is 1. The SMILES string of the molecule is Cc1ccc(-n2c(-c3ccccc3)cc(C=Nc3cccc(C)c3)c2-c2ccccc2)cc1. The molecule has 0 unspecified atom stereocenters. The normalized spacial score (nSPS) is 11.2. The van der Waals surface area contributed by atoms with Gasteiger partial charge in [-0.2, -0.15) is 0 Å². The van der Waals surface area contributed by atoms with E-state index >= 15 is 0 Å². The first-order chi connectivity index (χ1) is 16.2. The highest BCUT2D eigenvalue weighted by atomic mass is 15.0. The van der Waals surface area contributed by atoms with Crippen molar-refractivity contribution in [3.8, 4) is 28.2 Å². The highest BCUT2D eigenvalue weighted by Crippen LogP contribution is 2.35. The van der Waals surface area contributed by atoms with E-state index in [4.69, 9.17) is 4.99 Å². The third kappa shape index (κ3) is 4.42. The minimum Gasteiger partial charge on any atom is -0.309 e. The summed E-state index contributed by atoms with van der Waals surface area (Å²) in [6.45, 7) is 4.21. The minimum absolute atomic E-state index is 0.957. The van der Waals surface area contributed by atoms with Crippen molar-refractivity contribution in [1.29, 1.82) is 0 Å². The van der Waals surface area contributed by atoms with E-state index in [2.05, 4.69) is 122 Å². The van der Waals surface area contributed by atoms with Gasteiger partial charge in [0.15, 0.2) is 0 Å². The molecule has 5 rings (SSSR count). The van der Waals surface area contributed by atoms with Crippen LogP contribution in [0.4, 0.5) is 5.69 Å². The summed E-state index contributed by atoms with van der Waals surface area (Å²) >= 11 is 0. The fraction of sp³-hybridized carbons (Fsp3) is 0.0645. The first kappa shape index (κ1) is 20.7. The largest absolute Gasteiger partial charge is 0.309 e. The maximum atomic E-state index is 4.84. The molecule has 0 spiro atoms. The van der Waals surface area contributed by atoms with Gasteiger partial charge in [-0.15, -0.1) is 0 Å². The average molecular weight is 427 g/mol. The summed E-state index contributed by atoms with van der Waals surface area (Å²) in [5.41, 5.74) is 10.2. The van der Waals surface area contributed by atoms with Crippen LogP contribution in [0.3, 0.4) is 0 Å². The molecule has 0 saturated carbocycles. The molecule has 0 radical (unpaired) electrons. The number of hydrogen-bond donors (Lipinski definition) is 0. The Morgan fingerprint density at radius 1 is 0.606 bits per heavy atom. The van der Waals surface area contributed by atoms with Crippen molar-refractivity contribution >= 4 is 11.9 Å². The molecule has 2 nitrogen and oxygen atoms in total. The van der Waals surface area contributed by atoms with Gasteiger partial charge in [-0.05, 0) is 60.9 Å². The molecule has 0 N–H and O–H groups in total. The summed E-state index contributed by atoms with van der Waals surface area (Å²) in [6, 6.07) is 40.4. The molecule has 0 bridgehead atoms. The van der Waals surface area contributed by atoms with Gasteiger partial charge in [0, 0.05) is 17.5 Å². The summed E-state index contributed by atoms with van der Waals surface area (Å²) in [5.74, 6) is 0. The highest BCUT2D eigenvalue weighted by Gasteiger charge is 2.18. The van der Waals surface area contributed by atoms with Crippen LogP contribution >= 0.6 is 0 Å². The van der Waals surface area contributed by atoms with Gasteiger partial charge in [0.2, 0.25) is 0 Å². The number of nitrogens with zero attached hydrogens (tertiary/aromatic N) is 2. The van der Waals surface area contributed by atoms with Crippen molar-refractivity contribution in [2.24, 2.45) is 4.99 Å². The number of aromatic nitrogens is 1. The van der Waals surface area contributed by atoms with E-state index in [1.807, 2.05) is 18.3 Å². The molecule has 1 heterocycles. The smallest absolute Gasteiger partial charge is 0.0632 e. The van der Waals surface area contributed by atoms with Gasteiger partial charge in [0.05, 0.1) is 17.1 Å². The molecular formula is C31H26N2. The molecule has 4 aromatic carbocycles. The molecule has 0 aliphatic heterocycles. The molecule has 0 atom stereocenters. The highest BCUT2D eigenvalue weighted by molar-refractivity contribution is 5.94. The number of aryl methyl sites for hydroxylation is 2. The van der Waals surface area contributed by atoms with Crippen LogP contribution < -0.4 is 0 Å². The lowest BCUT2D eigenvalue weighted by Gasteiger charge is -2.15. The molecule has 33 heavy (non-hydrogen) atoms. The van der Waals surface area contributed by atoms with Gasteiger partial charge in [-0.3, -0.25) is 4.99 Å². The van der Waals surface area contributed by atoms with Crippen LogP contribution in [0.1, 0.15) is 16.7 Å². The fourth-order valence-electron chi connectivity index (χ4n) is 4.16. The van der Waals surface area contributed by atoms with Crippen molar-refractivity contribution in [2.45, 2.75) is 13.8 Å². The lowest BCUT2D eigenvalue weighted by atomic mass is 10.1. The second kappa shape index (κ2) is 9.13. The van der Waals surface area contributed by atoms with Crippen molar-refractivity contribution < 1.29 is 0 Å². The summed E-state index contributed by atoms with van der Waals surface area (Å²) in [7, 11) is 0. The monoisotopic (exact) mass is 426 g/mol. The Kier molecular flexibility index (Phi) is 5.73. The van der Waals surface area contributed by atoms with Gasteiger partial charge in [-0.1, -0.05) is 90.5 Å². The molecule has 2 heteroatoms. The van der Waals surface area contributed by atoms with Crippen LogP contribution in [0.25, 0.3) is 28.2 Å².